The molecule has 1 unspecified atom stereocenters. The molecule has 0 spiro atoms. The van der Waals surface area contributed by atoms with Crippen molar-refractivity contribution in [1.29, 1.82) is 0 Å². The molecule has 0 heterocycles. The van der Waals surface area contributed by atoms with E-state index in [-0.39, 0.29) is 5.56 Å². The van der Waals surface area contributed by atoms with Gasteiger partial charge in [-0.25, -0.2) is 13.1 Å². The zero-order valence-corrected chi connectivity index (χ0v) is 16.8. The molecule has 1 atom stereocenters. The summed E-state index contributed by atoms with van der Waals surface area (Å²) in [7, 11) is -4.09. The Morgan fingerprint density at radius 2 is 1.67 bits per heavy atom. The molecule has 0 aromatic heterocycles. The minimum absolute atomic E-state index is 0.263. The van der Waals surface area contributed by atoms with Crippen LogP contribution >= 0.6 is 11.6 Å². The molecule has 1 aromatic carbocycles. The SMILES string of the molecule is O=C(NS(=O)(=O)C(Cl)OCCC12CC3CC(CC(C3)C1)C2)c1ccccc1. The standard InChI is InChI=1S/C20H26ClNO4S/c21-19(27(24,25)22-18(23)17-4-2-1-3-5-17)26-7-6-20-11-14-8-15(12-20)10-16(9-14)13-20/h1-5,14-16,19H,6-13H2,(H,22,23). The molecule has 1 N–H and O–H groups in total. The highest BCUT2D eigenvalue weighted by atomic mass is 35.5. The number of alkyl halides is 1. The van der Waals surface area contributed by atoms with Gasteiger partial charge in [0, 0.05) is 5.56 Å². The van der Waals surface area contributed by atoms with E-state index in [1.807, 2.05) is 4.72 Å². The predicted octanol–water partition coefficient (Wildman–Crippen LogP) is 3.89. The molecular formula is C20H26ClNO4S. The second-order valence-corrected chi connectivity index (χ2v) is 11.0. The van der Waals surface area contributed by atoms with Crippen LogP contribution in [0.3, 0.4) is 0 Å². The molecule has 1 amide bonds. The molecule has 148 valence electrons. The molecule has 4 bridgehead atoms. The minimum Gasteiger partial charge on any atom is -0.348 e. The van der Waals surface area contributed by atoms with E-state index in [0.29, 0.717) is 12.0 Å². The maximum Gasteiger partial charge on any atom is 0.277 e. The average molecular weight is 412 g/mol. The molecule has 5 rings (SSSR count). The van der Waals surface area contributed by atoms with E-state index in [2.05, 4.69) is 0 Å². The Bertz CT molecular complexity index is 760. The van der Waals surface area contributed by atoms with Crippen molar-refractivity contribution in [2.45, 2.75) is 49.8 Å². The fraction of sp³-hybridized carbons (Fsp3) is 0.650. The monoisotopic (exact) mass is 411 g/mol. The minimum atomic E-state index is -4.09. The van der Waals surface area contributed by atoms with E-state index in [0.717, 1.165) is 24.2 Å². The van der Waals surface area contributed by atoms with Gasteiger partial charge in [0.1, 0.15) is 0 Å². The van der Waals surface area contributed by atoms with E-state index in [4.69, 9.17) is 16.3 Å². The molecule has 4 saturated carbocycles. The normalized spacial score (nSPS) is 33.0. The Kier molecular flexibility index (Phi) is 5.25. The van der Waals surface area contributed by atoms with Gasteiger partial charge >= 0.3 is 0 Å². The number of halogens is 1. The molecule has 0 aliphatic heterocycles. The summed E-state index contributed by atoms with van der Waals surface area (Å²) in [5.74, 6) is 1.83. The highest BCUT2D eigenvalue weighted by Crippen LogP contribution is 2.61. The van der Waals surface area contributed by atoms with Gasteiger partial charge in [-0.05, 0) is 80.2 Å². The number of hydrogen-bond acceptors (Lipinski definition) is 4. The zero-order valence-electron chi connectivity index (χ0n) is 15.3. The smallest absolute Gasteiger partial charge is 0.277 e. The number of sulfonamides is 1. The third-order valence-electron chi connectivity index (χ3n) is 6.56. The van der Waals surface area contributed by atoms with Gasteiger partial charge in [0.15, 0.2) is 0 Å². The lowest BCUT2D eigenvalue weighted by molar-refractivity contribution is -0.0681. The van der Waals surface area contributed by atoms with Gasteiger partial charge in [0.2, 0.25) is 0 Å². The van der Waals surface area contributed by atoms with Crippen LogP contribution in [0.15, 0.2) is 30.3 Å². The number of nitrogens with one attached hydrogen (secondary N) is 1. The number of rotatable bonds is 7. The third kappa shape index (κ3) is 4.17. The predicted molar refractivity (Wildman–Crippen MR) is 104 cm³/mol. The van der Waals surface area contributed by atoms with Crippen molar-refractivity contribution in [2.75, 3.05) is 6.61 Å². The van der Waals surface area contributed by atoms with Gasteiger partial charge in [-0.3, -0.25) is 4.79 Å². The van der Waals surface area contributed by atoms with Crippen molar-refractivity contribution in [3.8, 4) is 0 Å². The summed E-state index contributed by atoms with van der Waals surface area (Å²) >= 11 is 5.97. The third-order valence-corrected chi connectivity index (χ3v) is 8.48. The average Bonchev–Trinajstić information content (AvgIpc) is 2.60. The molecule has 0 radical (unpaired) electrons. The van der Waals surface area contributed by atoms with Gasteiger partial charge in [-0.15, -0.1) is 0 Å². The van der Waals surface area contributed by atoms with Crippen LogP contribution in [0.2, 0.25) is 0 Å². The fourth-order valence-corrected chi connectivity index (χ4v) is 6.84. The lowest BCUT2D eigenvalue weighted by Gasteiger charge is -2.57. The van der Waals surface area contributed by atoms with Crippen LogP contribution in [-0.4, -0.2) is 25.8 Å². The molecule has 0 saturated heterocycles. The van der Waals surface area contributed by atoms with Crippen LogP contribution in [-0.2, 0) is 14.8 Å². The number of carbonyl (C=O) groups excluding carboxylic acids is 1. The summed E-state index contributed by atoms with van der Waals surface area (Å²) in [6.45, 7) is 0.306. The quantitative estimate of drug-likeness (QED) is 0.691. The van der Waals surface area contributed by atoms with Gasteiger partial charge in [0.25, 0.3) is 20.8 Å². The first-order valence-corrected chi connectivity index (χ1v) is 11.7. The number of ether oxygens (including phenoxy) is 1. The first kappa shape index (κ1) is 19.2. The molecular weight excluding hydrogens is 386 g/mol. The summed E-state index contributed by atoms with van der Waals surface area (Å²) in [5.41, 5.74) is 0.570. The lowest BCUT2D eigenvalue weighted by atomic mass is 9.49. The number of carbonyl (C=O) groups is 1. The van der Waals surface area contributed by atoms with Crippen molar-refractivity contribution in [2.24, 2.45) is 23.2 Å². The van der Waals surface area contributed by atoms with E-state index >= 15 is 0 Å². The maximum atomic E-state index is 12.3. The van der Waals surface area contributed by atoms with E-state index in [9.17, 15) is 13.2 Å². The number of hydrogen-bond donors (Lipinski definition) is 1. The van der Waals surface area contributed by atoms with Crippen LogP contribution in [0.1, 0.15) is 55.3 Å². The molecule has 7 heteroatoms. The summed E-state index contributed by atoms with van der Waals surface area (Å²) < 4.78 is 32.0. The van der Waals surface area contributed by atoms with Gasteiger partial charge in [-0.2, -0.15) is 0 Å². The van der Waals surface area contributed by atoms with E-state index in [1.54, 1.807) is 30.3 Å². The lowest BCUT2D eigenvalue weighted by Crippen LogP contribution is -2.46. The largest absolute Gasteiger partial charge is 0.348 e. The Balaban J connectivity index is 1.30. The second-order valence-electron chi connectivity index (χ2n) is 8.65. The maximum absolute atomic E-state index is 12.3. The number of amides is 1. The van der Waals surface area contributed by atoms with Crippen molar-refractivity contribution in [3.05, 3.63) is 35.9 Å². The molecule has 4 fully saturated rings. The first-order chi connectivity index (χ1) is 12.9. The van der Waals surface area contributed by atoms with Gasteiger partial charge in [0.05, 0.1) is 6.61 Å². The van der Waals surface area contributed by atoms with Crippen molar-refractivity contribution in [1.82, 2.24) is 4.72 Å². The highest BCUT2D eigenvalue weighted by molar-refractivity contribution is 7.91. The summed E-state index contributed by atoms with van der Waals surface area (Å²) in [5, 5.41) is 0. The van der Waals surface area contributed by atoms with Crippen molar-refractivity contribution < 1.29 is 17.9 Å². The van der Waals surface area contributed by atoms with Crippen molar-refractivity contribution in [3.63, 3.8) is 0 Å². The van der Waals surface area contributed by atoms with Crippen molar-refractivity contribution >= 4 is 27.5 Å². The van der Waals surface area contributed by atoms with Crippen LogP contribution in [0.25, 0.3) is 0 Å². The van der Waals surface area contributed by atoms with E-state index < -0.39 is 20.8 Å². The van der Waals surface area contributed by atoms with Crippen LogP contribution < -0.4 is 4.72 Å². The molecule has 4 aliphatic rings. The molecule has 1 aromatic rings. The fourth-order valence-electron chi connectivity index (χ4n) is 5.88. The van der Waals surface area contributed by atoms with Crippen LogP contribution in [0.5, 0.6) is 0 Å². The number of benzene rings is 1. The Morgan fingerprint density at radius 3 is 2.22 bits per heavy atom. The molecule has 4 aliphatic carbocycles. The summed E-state index contributed by atoms with van der Waals surface area (Å²) in [6, 6.07) is 8.18. The van der Waals surface area contributed by atoms with Gasteiger partial charge in [-0.1, -0.05) is 29.8 Å². The van der Waals surface area contributed by atoms with E-state index in [1.165, 1.54) is 38.5 Å². The molecule has 27 heavy (non-hydrogen) atoms. The first-order valence-electron chi connectivity index (χ1n) is 9.72. The highest BCUT2D eigenvalue weighted by Gasteiger charge is 2.50. The summed E-state index contributed by atoms with van der Waals surface area (Å²) in [6.07, 6.45) is 8.70. The van der Waals surface area contributed by atoms with Crippen LogP contribution in [0, 0.1) is 23.2 Å². The topological polar surface area (TPSA) is 72.5 Å². The Hall–Kier alpha value is -1.11. The molecule has 5 nitrogen and oxygen atoms in total. The summed E-state index contributed by atoms with van der Waals surface area (Å²) in [4.78, 5) is 10.5. The Labute approximate surface area is 165 Å². The second kappa shape index (κ2) is 7.37. The van der Waals surface area contributed by atoms with Crippen LogP contribution in [0.4, 0.5) is 0 Å². The Morgan fingerprint density at radius 1 is 1.11 bits per heavy atom. The zero-order chi connectivity index (χ0) is 19.1. The van der Waals surface area contributed by atoms with Gasteiger partial charge < -0.3 is 4.74 Å².